The third-order valence-corrected chi connectivity index (χ3v) is 4.31. The summed E-state index contributed by atoms with van der Waals surface area (Å²) < 4.78 is 9.92. The number of hydrogen-bond donors (Lipinski definition) is 2. The zero-order valence-corrected chi connectivity index (χ0v) is 15.4. The molecule has 1 aromatic heterocycles. The van der Waals surface area contributed by atoms with Crippen molar-refractivity contribution in [3.63, 3.8) is 0 Å². The molecule has 0 aliphatic heterocycles. The van der Waals surface area contributed by atoms with Gasteiger partial charge in [-0.3, -0.25) is 0 Å². The van der Waals surface area contributed by atoms with Crippen LogP contribution in [0.1, 0.15) is 38.8 Å². The van der Waals surface area contributed by atoms with Gasteiger partial charge in [-0.1, -0.05) is 30.3 Å². The maximum atomic E-state index is 12.1. The van der Waals surface area contributed by atoms with Crippen molar-refractivity contribution in [3.05, 3.63) is 51.7 Å². The average Bonchev–Trinajstić information content (AvgIpc) is 3.05. The fourth-order valence-corrected chi connectivity index (χ4v) is 2.98. The van der Waals surface area contributed by atoms with Gasteiger partial charge in [0.25, 0.3) is 0 Å². The molecule has 7 nitrogen and oxygen atoms in total. The summed E-state index contributed by atoms with van der Waals surface area (Å²) in [5, 5.41) is 5.28. The van der Waals surface area contributed by atoms with E-state index in [2.05, 4.69) is 10.6 Å². The van der Waals surface area contributed by atoms with Gasteiger partial charge in [-0.2, -0.15) is 0 Å². The van der Waals surface area contributed by atoms with E-state index >= 15 is 0 Å². The molecule has 0 atom stereocenters. The van der Waals surface area contributed by atoms with E-state index in [4.69, 9.17) is 9.47 Å². The Morgan fingerprint density at radius 1 is 1.00 bits per heavy atom. The standard InChI is InChI=1S/C18H20N2O5S/c1-3-24-16(21)14-10-13(15(26-14)17(22)25-4-2)20-18(23)19-11-12-8-6-5-7-9-12/h5-10H,3-4,11H2,1-2H3,(H2,19,20,23). The van der Waals surface area contributed by atoms with Gasteiger partial charge in [0.15, 0.2) is 0 Å². The highest BCUT2D eigenvalue weighted by Crippen LogP contribution is 2.29. The molecule has 0 saturated heterocycles. The van der Waals surface area contributed by atoms with Gasteiger partial charge in [0.2, 0.25) is 0 Å². The van der Waals surface area contributed by atoms with Gasteiger partial charge in [0, 0.05) is 6.54 Å². The van der Waals surface area contributed by atoms with Crippen LogP contribution in [0.4, 0.5) is 10.5 Å². The van der Waals surface area contributed by atoms with Gasteiger partial charge in [0.05, 0.1) is 18.9 Å². The number of rotatable bonds is 7. The molecule has 1 heterocycles. The van der Waals surface area contributed by atoms with Gasteiger partial charge in [0.1, 0.15) is 9.75 Å². The SMILES string of the molecule is CCOC(=O)c1cc(NC(=O)NCc2ccccc2)c(C(=O)OCC)s1. The van der Waals surface area contributed by atoms with Crippen LogP contribution in [0.3, 0.4) is 0 Å². The summed E-state index contributed by atoms with van der Waals surface area (Å²) in [6, 6.07) is 10.3. The number of carbonyl (C=O) groups excluding carboxylic acids is 3. The second-order valence-corrected chi connectivity index (χ2v) is 6.14. The largest absolute Gasteiger partial charge is 0.462 e. The lowest BCUT2D eigenvalue weighted by atomic mass is 10.2. The smallest absolute Gasteiger partial charge is 0.350 e. The predicted molar refractivity (Wildman–Crippen MR) is 98.5 cm³/mol. The van der Waals surface area contributed by atoms with Gasteiger partial charge in [-0.15, -0.1) is 11.3 Å². The molecule has 0 fully saturated rings. The fourth-order valence-electron chi connectivity index (χ4n) is 2.08. The van der Waals surface area contributed by atoms with E-state index in [1.54, 1.807) is 13.8 Å². The van der Waals surface area contributed by atoms with E-state index in [1.165, 1.54) is 6.07 Å². The quantitative estimate of drug-likeness (QED) is 0.722. The molecule has 0 aliphatic carbocycles. The minimum absolute atomic E-state index is 0.143. The molecule has 2 N–H and O–H groups in total. The highest BCUT2D eigenvalue weighted by molar-refractivity contribution is 7.16. The lowest BCUT2D eigenvalue weighted by Gasteiger charge is -2.08. The van der Waals surface area contributed by atoms with Crippen molar-refractivity contribution in [3.8, 4) is 0 Å². The van der Waals surface area contributed by atoms with Crippen LogP contribution in [0.25, 0.3) is 0 Å². The third kappa shape index (κ3) is 5.32. The first-order valence-electron chi connectivity index (χ1n) is 8.12. The van der Waals surface area contributed by atoms with Crippen LogP contribution in [0.2, 0.25) is 0 Å². The Kier molecular flexibility index (Phi) is 7.16. The number of anilines is 1. The molecule has 0 aliphatic rings. The topological polar surface area (TPSA) is 93.7 Å². The molecule has 2 rings (SSSR count). The van der Waals surface area contributed by atoms with Crippen molar-refractivity contribution in [2.45, 2.75) is 20.4 Å². The molecule has 138 valence electrons. The van der Waals surface area contributed by atoms with Crippen LogP contribution in [0.5, 0.6) is 0 Å². The van der Waals surface area contributed by atoms with E-state index in [0.717, 1.165) is 16.9 Å². The van der Waals surface area contributed by atoms with E-state index in [9.17, 15) is 14.4 Å². The van der Waals surface area contributed by atoms with Crippen LogP contribution >= 0.6 is 11.3 Å². The summed E-state index contributed by atoms with van der Waals surface area (Å²) >= 11 is 0.920. The zero-order valence-electron chi connectivity index (χ0n) is 14.5. The maximum absolute atomic E-state index is 12.1. The molecule has 1 aromatic carbocycles. The fraction of sp³-hybridized carbons (Fsp3) is 0.278. The second kappa shape index (κ2) is 9.57. The molecular formula is C18H20N2O5S. The van der Waals surface area contributed by atoms with Crippen molar-refractivity contribution in [1.82, 2.24) is 5.32 Å². The van der Waals surface area contributed by atoms with E-state index in [1.807, 2.05) is 30.3 Å². The molecule has 0 radical (unpaired) electrons. The summed E-state index contributed by atoms with van der Waals surface area (Å²) in [5.74, 6) is -1.16. The van der Waals surface area contributed by atoms with Crippen molar-refractivity contribution in [2.75, 3.05) is 18.5 Å². The van der Waals surface area contributed by atoms with Crippen molar-refractivity contribution in [1.29, 1.82) is 0 Å². The average molecular weight is 376 g/mol. The molecule has 0 bridgehead atoms. The first kappa shape index (κ1) is 19.5. The van der Waals surface area contributed by atoms with Gasteiger partial charge >= 0.3 is 18.0 Å². The van der Waals surface area contributed by atoms with Crippen molar-refractivity contribution in [2.24, 2.45) is 0 Å². The molecule has 0 unspecified atom stereocenters. The Morgan fingerprint density at radius 2 is 1.65 bits per heavy atom. The molecule has 2 amide bonds. The second-order valence-electron chi connectivity index (χ2n) is 5.09. The van der Waals surface area contributed by atoms with Crippen molar-refractivity contribution < 1.29 is 23.9 Å². The van der Waals surface area contributed by atoms with Gasteiger partial charge in [-0.25, -0.2) is 14.4 Å². The molecule has 0 spiro atoms. The number of benzene rings is 1. The zero-order chi connectivity index (χ0) is 18.9. The molecule has 2 aromatic rings. The summed E-state index contributed by atoms with van der Waals surface area (Å²) in [7, 11) is 0. The van der Waals surface area contributed by atoms with E-state index in [-0.39, 0.29) is 28.7 Å². The number of amides is 2. The first-order valence-corrected chi connectivity index (χ1v) is 8.93. The molecule has 8 heteroatoms. The van der Waals surface area contributed by atoms with Crippen molar-refractivity contribution >= 4 is 35.0 Å². The summed E-state index contributed by atoms with van der Waals surface area (Å²) in [6.07, 6.45) is 0. The Bertz CT molecular complexity index is 773. The third-order valence-electron chi connectivity index (χ3n) is 3.21. The minimum atomic E-state index is -0.605. The summed E-state index contributed by atoms with van der Waals surface area (Å²) in [6.45, 7) is 4.10. The van der Waals surface area contributed by atoms with Gasteiger partial charge in [-0.05, 0) is 25.5 Å². The first-order chi connectivity index (χ1) is 12.5. The Morgan fingerprint density at radius 3 is 2.31 bits per heavy atom. The number of hydrogen-bond acceptors (Lipinski definition) is 6. The van der Waals surface area contributed by atoms with Crippen LogP contribution in [0.15, 0.2) is 36.4 Å². The summed E-state index contributed by atoms with van der Waals surface area (Å²) in [5.41, 5.74) is 1.15. The Labute approximate surface area is 155 Å². The highest BCUT2D eigenvalue weighted by atomic mass is 32.1. The molecule has 26 heavy (non-hydrogen) atoms. The minimum Gasteiger partial charge on any atom is -0.462 e. The lowest BCUT2D eigenvalue weighted by Crippen LogP contribution is -2.28. The van der Waals surface area contributed by atoms with Crippen LogP contribution < -0.4 is 10.6 Å². The van der Waals surface area contributed by atoms with E-state index in [0.29, 0.717) is 6.54 Å². The monoisotopic (exact) mass is 376 g/mol. The lowest BCUT2D eigenvalue weighted by molar-refractivity contribution is 0.0525. The number of carbonyl (C=O) groups is 3. The van der Waals surface area contributed by atoms with Crippen LogP contribution in [-0.4, -0.2) is 31.2 Å². The highest BCUT2D eigenvalue weighted by Gasteiger charge is 2.22. The predicted octanol–water partition coefficient (Wildman–Crippen LogP) is 3.42. The normalized spacial score (nSPS) is 10.1. The molecule has 0 saturated carbocycles. The summed E-state index contributed by atoms with van der Waals surface area (Å²) in [4.78, 5) is 36.5. The number of esters is 2. The number of urea groups is 1. The number of ether oxygens (including phenoxy) is 2. The number of thiophene rings is 1. The molecular weight excluding hydrogens is 356 g/mol. The van der Waals surface area contributed by atoms with E-state index < -0.39 is 18.0 Å². The van der Waals surface area contributed by atoms with Gasteiger partial charge < -0.3 is 20.1 Å². The Hall–Kier alpha value is -2.87. The van der Waals surface area contributed by atoms with Crippen LogP contribution in [0, 0.1) is 0 Å². The van der Waals surface area contributed by atoms with Crippen LogP contribution in [-0.2, 0) is 16.0 Å². The Balaban J connectivity index is 2.11. The number of nitrogens with one attached hydrogen (secondary N) is 2. The maximum Gasteiger partial charge on any atom is 0.350 e.